The molecule has 92 valence electrons. The molecule has 0 saturated carbocycles. The molecule has 0 amide bonds. The molecule has 4 heteroatoms. The first kappa shape index (κ1) is 13.3. The number of hydrogen-bond donors (Lipinski definition) is 1. The summed E-state index contributed by atoms with van der Waals surface area (Å²) in [5.74, 6) is 0. The third kappa shape index (κ3) is 3.19. The standard InChI is InChI=1S/C13H16Br2N2/c1-2-13(17-7-5-16-6-8-17)10-3-4-11(14)12(15)9-10/h2-4,9,13,16H,1,5-8H2/t13-/m1/s1. The fourth-order valence-corrected chi connectivity index (χ4v) is 2.80. The van der Waals surface area contributed by atoms with Crippen LogP contribution in [0.3, 0.4) is 0 Å². The molecule has 0 unspecified atom stereocenters. The molecule has 1 saturated heterocycles. The minimum absolute atomic E-state index is 0.307. The van der Waals surface area contributed by atoms with Gasteiger partial charge in [-0.3, -0.25) is 4.90 Å². The van der Waals surface area contributed by atoms with E-state index in [2.05, 4.69) is 66.9 Å². The largest absolute Gasteiger partial charge is 0.314 e. The summed E-state index contributed by atoms with van der Waals surface area (Å²) in [7, 11) is 0. The molecule has 0 aromatic heterocycles. The van der Waals surface area contributed by atoms with Crippen molar-refractivity contribution in [1.82, 2.24) is 10.2 Å². The highest BCUT2D eigenvalue weighted by molar-refractivity contribution is 9.13. The van der Waals surface area contributed by atoms with Crippen molar-refractivity contribution >= 4 is 31.9 Å². The van der Waals surface area contributed by atoms with Gasteiger partial charge in [-0.25, -0.2) is 0 Å². The van der Waals surface area contributed by atoms with Crippen LogP contribution in [-0.4, -0.2) is 31.1 Å². The molecule has 1 aliphatic rings. The quantitative estimate of drug-likeness (QED) is 0.832. The molecule has 1 fully saturated rings. The summed E-state index contributed by atoms with van der Waals surface area (Å²) in [6.45, 7) is 8.24. The number of rotatable bonds is 3. The van der Waals surface area contributed by atoms with Crippen LogP contribution in [0.15, 0.2) is 39.8 Å². The normalized spacial score (nSPS) is 18.9. The zero-order chi connectivity index (χ0) is 12.3. The van der Waals surface area contributed by atoms with Crippen molar-refractivity contribution in [2.24, 2.45) is 0 Å². The third-order valence-corrected chi connectivity index (χ3v) is 4.93. The van der Waals surface area contributed by atoms with Gasteiger partial charge >= 0.3 is 0 Å². The van der Waals surface area contributed by atoms with Gasteiger partial charge in [-0.2, -0.15) is 0 Å². The van der Waals surface area contributed by atoms with E-state index in [9.17, 15) is 0 Å². The van der Waals surface area contributed by atoms with Crippen LogP contribution in [0, 0.1) is 0 Å². The Morgan fingerprint density at radius 2 is 1.94 bits per heavy atom. The molecule has 2 nitrogen and oxygen atoms in total. The zero-order valence-corrected chi connectivity index (χ0v) is 12.8. The lowest BCUT2D eigenvalue weighted by Gasteiger charge is -2.33. The molecule has 1 aliphatic heterocycles. The van der Waals surface area contributed by atoms with E-state index in [0.717, 1.165) is 35.1 Å². The van der Waals surface area contributed by atoms with E-state index in [1.165, 1.54) is 5.56 Å². The Bertz CT molecular complexity index is 400. The van der Waals surface area contributed by atoms with E-state index in [0.29, 0.717) is 6.04 Å². The second kappa shape index (κ2) is 6.14. The lowest BCUT2D eigenvalue weighted by atomic mass is 10.0. The van der Waals surface area contributed by atoms with Crippen molar-refractivity contribution < 1.29 is 0 Å². The molecule has 1 N–H and O–H groups in total. The van der Waals surface area contributed by atoms with Crippen LogP contribution in [0.4, 0.5) is 0 Å². The van der Waals surface area contributed by atoms with Crippen LogP contribution in [0.5, 0.6) is 0 Å². The first-order valence-corrected chi connectivity index (χ1v) is 7.33. The van der Waals surface area contributed by atoms with Crippen LogP contribution < -0.4 is 5.32 Å². The Kier molecular flexibility index (Phi) is 4.79. The summed E-state index contributed by atoms with van der Waals surface area (Å²) in [5, 5.41) is 3.37. The van der Waals surface area contributed by atoms with Crippen molar-refractivity contribution in [3.8, 4) is 0 Å². The lowest BCUT2D eigenvalue weighted by molar-refractivity contribution is 0.203. The summed E-state index contributed by atoms with van der Waals surface area (Å²) in [6.07, 6.45) is 2.03. The number of halogens is 2. The SMILES string of the molecule is C=C[C@H](c1ccc(Br)c(Br)c1)N1CCNCC1. The van der Waals surface area contributed by atoms with E-state index in [-0.39, 0.29) is 0 Å². The van der Waals surface area contributed by atoms with E-state index >= 15 is 0 Å². The maximum Gasteiger partial charge on any atom is 0.0530 e. The molecule has 1 atom stereocenters. The predicted molar refractivity (Wildman–Crippen MR) is 79.2 cm³/mol. The molecule has 0 radical (unpaired) electrons. The third-order valence-electron chi connectivity index (χ3n) is 3.05. The summed E-state index contributed by atoms with van der Waals surface area (Å²) >= 11 is 7.06. The van der Waals surface area contributed by atoms with Crippen LogP contribution in [0.2, 0.25) is 0 Å². The average Bonchev–Trinajstić information content (AvgIpc) is 2.36. The predicted octanol–water partition coefficient (Wildman–Crippen LogP) is 3.34. The van der Waals surface area contributed by atoms with Crippen LogP contribution in [-0.2, 0) is 0 Å². The topological polar surface area (TPSA) is 15.3 Å². The molecule has 0 bridgehead atoms. The van der Waals surface area contributed by atoms with Crippen molar-refractivity contribution in [2.75, 3.05) is 26.2 Å². The molecule has 0 spiro atoms. The summed E-state index contributed by atoms with van der Waals surface area (Å²) in [5.41, 5.74) is 1.29. The molecular formula is C13H16Br2N2. The highest BCUT2D eigenvalue weighted by Crippen LogP contribution is 2.29. The van der Waals surface area contributed by atoms with Crippen molar-refractivity contribution in [1.29, 1.82) is 0 Å². The Morgan fingerprint density at radius 3 is 2.53 bits per heavy atom. The van der Waals surface area contributed by atoms with Gasteiger partial charge in [-0.05, 0) is 49.6 Å². The van der Waals surface area contributed by atoms with Crippen molar-refractivity contribution in [3.63, 3.8) is 0 Å². The fourth-order valence-electron chi connectivity index (χ4n) is 2.15. The summed E-state index contributed by atoms with van der Waals surface area (Å²) in [6, 6.07) is 6.71. The molecule has 1 heterocycles. The summed E-state index contributed by atoms with van der Waals surface area (Å²) < 4.78 is 2.18. The fraction of sp³-hybridized carbons (Fsp3) is 0.385. The van der Waals surface area contributed by atoms with Crippen LogP contribution in [0.25, 0.3) is 0 Å². The van der Waals surface area contributed by atoms with Crippen molar-refractivity contribution in [2.45, 2.75) is 6.04 Å². The second-order valence-electron chi connectivity index (χ2n) is 4.14. The maximum atomic E-state index is 3.98. The van der Waals surface area contributed by atoms with Gasteiger partial charge < -0.3 is 5.32 Å². The highest BCUT2D eigenvalue weighted by Gasteiger charge is 2.19. The minimum Gasteiger partial charge on any atom is -0.314 e. The number of benzene rings is 1. The Hall–Kier alpha value is -0.160. The van der Waals surface area contributed by atoms with Gasteiger partial charge in [0.05, 0.1) is 6.04 Å². The Morgan fingerprint density at radius 1 is 1.24 bits per heavy atom. The van der Waals surface area contributed by atoms with Crippen LogP contribution in [0.1, 0.15) is 11.6 Å². The first-order chi connectivity index (χ1) is 8.22. The van der Waals surface area contributed by atoms with Crippen molar-refractivity contribution in [3.05, 3.63) is 45.4 Å². The van der Waals surface area contributed by atoms with Gasteiger partial charge in [-0.15, -0.1) is 6.58 Å². The van der Waals surface area contributed by atoms with Gasteiger partial charge in [-0.1, -0.05) is 12.1 Å². The van der Waals surface area contributed by atoms with Gasteiger partial charge in [0.25, 0.3) is 0 Å². The summed E-state index contributed by atoms with van der Waals surface area (Å²) in [4.78, 5) is 2.46. The molecule has 17 heavy (non-hydrogen) atoms. The van der Waals surface area contributed by atoms with Crippen LogP contribution >= 0.6 is 31.9 Å². The van der Waals surface area contributed by atoms with Gasteiger partial charge in [0, 0.05) is 35.1 Å². The molecule has 0 aliphatic carbocycles. The lowest BCUT2D eigenvalue weighted by Crippen LogP contribution is -2.44. The molecule has 1 aromatic rings. The smallest absolute Gasteiger partial charge is 0.0530 e. The number of nitrogens with one attached hydrogen (secondary N) is 1. The monoisotopic (exact) mass is 358 g/mol. The highest BCUT2D eigenvalue weighted by atomic mass is 79.9. The molecule has 2 rings (SSSR count). The minimum atomic E-state index is 0.307. The van der Waals surface area contributed by atoms with Gasteiger partial charge in [0.2, 0.25) is 0 Å². The van der Waals surface area contributed by atoms with Gasteiger partial charge in [0.1, 0.15) is 0 Å². The zero-order valence-electron chi connectivity index (χ0n) is 9.63. The number of nitrogens with zero attached hydrogens (tertiary/aromatic N) is 1. The first-order valence-electron chi connectivity index (χ1n) is 5.74. The van der Waals surface area contributed by atoms with Gasteiger partial charge in [0.15, 0.2) is 0 Å². The Balaban J connectivity index is 2.21. The number of hydrogen-bond acceptors (Lipinski definition) is 2. The molecular weight excluding hydrogens is 344 g/mol. The Labute approximate surface area is 119 Å². The average molecular weight is 360 g/mol. The van der Waals surface area contributed by atoms with E-state index in [4.69, 9.17) is 0 Å². The second-order valence-corrected chi connectivity index (χ2v) is 5.85. The molecule has 1 aromatic carbocycles. The van der Waals surface area contributed by atoms with E-state index in [1.54, 1.807) is 0 Å². The number of piperazine rings is 1. The maximum absolute atomic E-state index is 3.98. The van der Waals surface area contributed by atoms with E-state index in [1.807, 2.05) is 6.08 Å². The van der Waals surface area contributed by atoms with E-state index < -0.39 is 0 Å².